The van der Waals surface area contributed by atoms with Crippen molar-refractivity contribution in [1.29, 1.82) is 0 Å². The highest BCUT2D eigenvalue weighted by atomic mass is 35.5. The fraction of sp³-hybridized carbons (Fsp3) is 0.278. The lowest BCUT2D eigenvalue weighted by Crippen LogP contribution is -2.29. The zero-order valence-electron chi connectivity index (χ0n) is 13.4. The van der Waals surface area contributed by atoms with Crippen molar-refractivity contribution < 1.29 is 14.3 Å². The van der Waals surface area contributed by atoms with Gasteiger partial charge in [0, 0.05) is 17.6 Å². The van der Waals surface area contributed by atoms with Crippen LogP contribution in [0.2, 0.25) is 10.0 Å². The van der Waals surface area contributed by atoms with Crippen molar-refractivity contribution in [3.8, 4) is 11.5 Å². The number of methoxy groups -OCH3 is 1. The third-order valence-corrected chi connectivity index (χ3v) is 3.92. The second-order valence-electron chi connectivity index (χ2n) is 5.17. The van der Waals surface area contributed by atoms with Crippen LogP contribution in [-0.4, -0.2) is 26.2 Å². The summed E-state index contributed by atoms with van der Waals surface area (Å²) < 4.78 is 10.5. The summed E-state index contributed by atoms with van der Waals surface area (Å²) in [6, 6.07) is 12.8. The van der Waals surface area contributed by atoms with E-state index in [0.717, 1.165) is 18.6 Å². The molecule has 0 heterocycles. The summed E-state index contributed by atoms with van der Waals surface area (Å²) in [5.41, 5.74) is 1.20. The first-order valence-corrected chi connectivity index (χ1v) is 8.31. The smallest absolute Gasteiger partial charge is 0.257 e. The highest BCUT2D eigenvalue weighted by Gasteiger charge is 2.06. The van der Waals surface area contributed by atoms with Crippen molar-refractivity contribution in [3.05, 3.63) is 58.1 Å². The van der Waals surface area contributed by atoms with Gasteiger partial charge in [-0.1, -0.05) is 35.3 Å². The van der Waals surface area contributed by atoms with E-state index < -0.39 is 0 Å². The Hall–Kier alpha value is -1.91. The fourth-order valence-electron chi connectivity index (χ4n) is 2.09. The number of ether oxygens (including phenoxy) is 2. The molecule has 0 bridgehead atoms. The molecule has 0 aliphatic carbocycles. The Labute approximate surface area is 151 Å². The van der Waals surface area contributed by atoms with Crippen LogP contribution in [0.1, 0.15) is 12.0 Å². The second kappa shape index (κ2) is 9.40. The van der Waals surface area contributed by atoms with Gasteiger partial charge in [0.05, 0.1) is 12.1 Å². The monoisotopic (exact) mass is 367 g/mol. The van der Waals surface area contributed by atoms with Gasteiger partial charge < -0.3 is 14.8 Å². The summed E-state index contributed by atoms with van der Waals surface area (Å²) in [7, 11) is 1.64. The minimum Gasteiger partial charge on any atom is -0.497 e. The molecule has 0 aliphatic rings. The number of benzene rings is 2. The van der Waals surface area contributed by atoms with E-state index in [1.165, 1.54) is 5.56 Å². The van der Waals surface area contributed by atoms with Gasteiger partial charge in [-0.05, 0) is 42.7 Å². The van der Waals surface area contributed by atoms with E-state index in [-0.39, 0.29) is 12.5 Å². The van der Waals surface area contributed by atoms with Gasteiger partial charge in [-0.25, -0.2) is 0 Å². The maximum Gasteiger partial charge on any atom is 0.257 e. The summed E-state index contributed by atoms with van der Waals surface area (Å²) >= 11 is 11.8. The molecule has 2 aromatic carbocycles. The normalized spacial score (nSPS) is 10.3. The van der Waals surface area contributed by atoms with Crippen LogP contribution in [-0.2, 0) is 11.2 Å². The Bertz CT molecular complexity index is 674. The standard InChI is InChI=1S/C18H19Cl2NO3/c1-23-15-7-4-13(5-8-15)3-2-10-21-18(22)12-24-17-11-14(19)6-9-16(17)20/h4-9,11H,2-3,10,12H2,1H3,(H,21,22). The molecule has 0 saturated carbocycles. The Morgan fingerprint density at radius 2 is 1.88 bits per heavy atom. The first-order chi connectivity index (χ1) is 11.6. The van der Waals surface area contributed by atoms with Crippen LogP contribution in [0.15, 0.2) is 42.5 Å². The predicted molar refractivity (Wildman–Crippen MR) is 96.3 cm³/mol. The van der Waals surface area contributed by atoms with Crippen molar-refractivity contribution in [2.45, 2.75) is 12.8 Å². The molecule has 0 fully saturated rings. The van der Waals surface area contributed by atoms with Crippen LogP contribution in [0.3, 0.4) is 0 Å². The third kappa shape index (κ3) is 5.95. The van der Waals surface area contributed by atoms with Gasteiger partial charge in [-0.15, -0.1) is 0 Å². The third-order valence-electron chi connectivity index (χ3n) is 3.38. The van der Waals surface area contributed by atoms with Gasteiger partial charge in [0.1, 0.15) is 11.5 Å². The van der Waals surface area contributed by atoms with Crippen LogP contribution in [0.25, 0.3) is 0 Å². The number of halogens is 2. The number of nitrogens with one attached hydrogen (secondary N) is 1. The first kappa shape index (κ1) is 18.4. The number of amides is 1. The van der Waals surface area contributed by atoms with Gasteiger partial charge in [0.2, 0.25) is 0 Å². The molecule has 1 N–H and O–H groups in total. The van der Waals surface area contributed by atoms with E-state index >= 15 is 0 Å². The molecule has 6 heteroatoms. The summed E-state index contributed by atoms with van der Waals surface area (Å²) in [6.07, 6.45) is 1.72. The molecule has 1 amide bonds. The van der Waals surface area contributed by atoms with Crippen molar-refractivity contribution in [2.75, 3.05) is 20.3 Å². The lowest BCUT2D eigenvalue weighted by Gasteiger charge is -2.09. The molecule has 0 atom stereocenters. The topological polar surface area (TPSA) is 47.6 Å². The van der Waals surface area contributed by atoms with Crippen LogP contribution in [0, 0.1) is 0 Å². The van der Waals surface area contributed by atoms with Crippen LogP contribution in [0.5, 0.6) is 11.5 Å². The molecule has 2 aromatic rings. The van der Waals surface area contributed by atoms with Crippen LogP contribution >= 0.6 is 23.2 Å². The predicted octanol–water partition coefficient (Wildman–Crippen LogP) is 4.13. The van der Waals surface area contributed by atoms with Gasteiger partial charge in [-0.3, -0.25) is 4.79 Å². The summed E-state index contributed by atoms with van der Waals surface area (Å²) in [5.74, 6) is 1.04. The van der Waals surface area contributed by atoms with Crippen molar-refractivity contribution in [2.24, 2.45) is 0 Å². The molecule has 0 unspecified atom stereocenters. The highest BCUT2D eigenvalue weighted by Crippen LogP contribution is 2.27. The number of carbonyl (C=O) groups excluding carboxylic acids is 1. The van der Waals surface area contributed by atoms with E-state index in [1.807, 2.05) is 24.3 Å². The lowest BCUT2D eigenvalue weighted by atomic mass is 10.1. The van der Waals surface area contributed by atoms with E-state index in [9.17, 15) is 4.79 Å². The maximum absolute atomic E-state index is 11.8. The van der Waals surface area contributed by atoms with Gasteiger partial charge in [0.25, 0.3) is 5.91 Å². The largest absolute Gasteiger partial charge is 0.497 e. The van der Waals surface area contributed by atoms with Crippen molar-refractivity contribution >= 4 is 29.1 Å². The summed E-state index contributed by atoms with van der Waals surface area (Å²) in [5, 5.41) is 3.75. The molecule has 0 aliphatic heterocycles. The van der Waals surface area contributed by atoms with Gasteiger partial charge in [0.15, 0.2) is 6.61 Å². The van der Waals surface area contributed by atoms with Gasteiger partial charge >= 0.3 is 0 Å². The molecule has 0 spiro atoms. The van der Waals surface area contributed by atoms with Crippen molar-refractivity contribution in [3.63, 3.8) is 0 Å². The first-order valence-electron chi connectivity index (χ1n) is 7.56. The fourth-order valence-corrected chi connectivity index (χ4v) is 2.43. The van der Waals surface area contributed by atoms with E-state index in [0.29, 0.717) is 22.3 Å². The molecule has 2 rings (SSSR count). The molecule has 0 radical (unpaired) electrons. The highest BCUT2D eigenvalue weighted by molar-refractivity contribution is 6.34. The van der Waals surface area contributed by atoms with Crippen LogP contribution < -0.4 is 14.8 Å². The zero-order chi connectivity index (χ0) is 17.4. The Morgan fingerprint density at radius 3 is 2.58 bits per heavy atom. The molecule has 0 aromatic heterocycles. The Balaban J connectivity index is 1.66. The van der Waals surface area contributed by atoms with E-state index in [4.69, 9.17) is 32.7 Å². The molecular weight excluding hydrogens is 349 g/mol. The lowest BCUT2D eigenvalue weighted by molar-refractivity contribution is -0.123. The van der Waals surface area contributed by atoms with Gasteiger partial charge in [-0.2, -0.15) is 0 Å². The zero-order valence-corrected chi connectivity index (χ0v) is 14.9. The minimum absolute atomic E-state index is 0.0946. The average molecular weight is 368 g/mol. The Morgan fingerprint density at radius 1 is 1.12 bits per heavy atom. The van der Waals surface area contributed by atoms with Crippen molar-refractivity contribution in [1.82, 2.24) is 5.32 Å². The average Bonchev–Trinajstić information content (AvgIpc) is 2.60. The quantitative estimate of drug-likeness (QED) is 0.713. The number of aryl methyl sites for hydroxylation is 1. The number of rotatable bonds is 8. The minimum atomic E-state index is -0.194. The molecular formula is C18H19Cl2NO3. The number of hydrogen-bond acceptors (Lipinski definition) is 3. The summed E-state index contributed by atoms with van der Waals surface area (Å²) in [4.78, 5) is 11.8. The van der Waals surface area contributed by atoms with E-state index in [2.05, 4.69) is 5.32 Å². The molecule has 128 valence electrons. The summed E-state index contributed by atoms with van der Waals surface area (Å²) in [6.45, 7) is 0.486. The SMILES string of the molecule is COc1ccc(CCCNC(=O)COc2cc(Cl)ccc2Cl)cc1. The molecule has 24 heavy (non-hydrogen) atoms. The number of hydrogen-bond donors (Lipinski definition) is 1. The molecule has 0 saturated heterocycles. The second-order valence-corrected chi connectivity index (χ2v) is 6.01. The Kier molecular flexibility index (Phi) is 7.22. The van der Waals surface area contributed by atoms with Crippen LogP contribution in [0.4, 0.5) is 0 Å². The number of carbonyl (C=O) groups is 1. The molecule has 4 nitrogen and oxygen atoms in total. The van der Waals surface area contributed by atoms with E-state index in [1.54, 1.807) is 25.3 Å². The maximum atomic E-state index is 11.8.